The van der Waals surface area contributed by atoms with Gasteiger partial charge in [-0.3, -0.25) is 9.59 Å². The van der Waals surface area contributed by atoms with E-state index < -0.39 is 0 Å². The Hall–Kier alpha value is -3.59. The normalized spacial score (nSPS) is 11.7. The lowest BCUT2D eigenvalue weighted by Crippen LogP contribution is -2.34. The predicted octanol–water partition coefficient (Wildman–Crippen LogP) is 5.65. The molecule has 4 rings (SSSR count). The lowest BCUT2D eigenvalue weighted by Gasteiger charge is -2.23. The van der Waals surface area contributed by atoms with Crippen molar-refractivity contribution in [2.75, 3.05) is 33.8 Å². The maximum absolute atomic E-state index is 13.6. The van der Waals surface area contributed by atoms with E-state index in [0.717, 1.165) is 52.4 Å². The lowest BCUT2D eigenvalue weighted by molar-refractivity contribution is -0.128. The molecule has 38 heavy (non-hydrogen) atoms. The van der Waals surface area contributed by atoms with Crippen molar-refractivity contribution in [1.29, 1.82) is 0 Å². The fourth-order valence-corrected chi connectivity index (χ4v) is 5.33. The van der Waals surface area contributed by atoms with Gasteiger partial charge in [0.05, 0.1) is 18.5 Å². The predicted molar refractivity (Wildman–Crippen MR) is 151 cm³/mol. The molecule has 0 unspecified atom stereocenters. The second kappa shape index (κ2) is 11.9. The van der Waals surface area contributed by atoms with Crippen LogP contribution in [0, 0.1) is 0 Å². The maximum atomic E-state index is 13.6. The van der Waals surface area contributed by atoms with Crippen LogP contribution in [0.25, 0.3) is 23.0 Å². The summed E-state index contributed by atoms with van der Waals surface area (Å²) in [5.41, 5.74) is 5.87. The summed E-state index contributed by atoms with van der Waals surface area (Å²) in [5.74, 6) is 1.33. The highest BCUT2D eigenvalue weighted by molar-refractivity contribution is 7.08. The molecule has 0 radical (unpaired) electrons. The minimum Gasteiger partial charge on any atom is -0.496 e. The number of carbonyl (C=O) groups is 2. The van der Waals surface area contributed by atoms with Gasteiger partial charge in [0.2, 0.25) is 5.91 Å². The molecule has 0 N–H and O–H groups in total. The summed E-state index contributed by atoms with van der Waals surface area (Å²) in [6, 6.07) is 5.95. The minimum atomic E-state index is -0.162. The number of thiophene rings is 1. The molecule has 1 aromatic carbocycles. The Morgan fingerprint density at radius 2 is 2.00 bits per heavy atom. The number of rotatable bonds is 10. The van der Waals surface area contributed by atoms with Crippen LogP contribution in [0.2, 0.25) is 0 Å². The summed E-state index contributed by atoms with van der Waals surface area (Å²) < 4.78 is 13.6. The van der Waals surface area contributed by atoms with Crippen LogP contribution in [0.1, 0.15) is 62.2 Å². The average molecular weight is 537 g/mol. The molecule has 0 aliphatic carbocycles. The number of aromatic nitrogens is 2. The van der Waals surface area contributed by atoms with Gasteiger partial charge in [0, 0.05) is 61.7 Å². The Morgan fingerprint density at radius 3 is 2.63 bits per heavy atom. The molecule has 0 fully saturated rings. The van der Waals surface area contributed by atoms with Crippen molar-refractivity contribution in [3.05, 3.63) is 51.4 Å². The van der Waals surface area contributed by atoms with E-state index in [2.05, 4.69) is 13.0 Å². The van der Waals surface area contributed by atoms with Gasteiger partial charge in [-0.25, -0.2) is 4.68 Å². The zero-order valence-electron chi connectivity index (χ0n) is 23.0. The highest BCUT2D eigenvalue weighted by atomic mass is 32.1. The monoisotopic (exact) mass is 536 g/mol. The molecule has 1 aliphatic rings. The Balaban J connectivity index is 1.70. The number of methoxy groups -OCH3 is 1. The summed E-state index contributed by atoms with van der Waals surface area (Å²) in [5, 5.41) is 8.84. The van der Waals surface area contributed by atoms with Gasteiger partial charge in [-0.05, 0) is 44.2 Å². The zero-order valence-corrected chi connectivity index (χ0v) is 23.9. The number of amides is 2. The Kier molecular flexibility index (Phi) is 8.56. The van der Waals surface area contributed by atoms with E-state index in [-0.39, 0.29) is 18.4 Å². The SMILES string of the molecule is CCCN(CCCN(C)C(=O)c1nn(-c2ccsc2)c2c1COc1cc(OC)c(C=C(C)C)cc1-2)C(C)=O. The number of nitrogens with zero attached hydrogens (tertiary/aromatic N) is 4. The van der Waals surface area contributed by atoms with E-state index in [1.165, 1.54) is 0 Å². The molecule has 0 bridgehead atoms. The fraction of sp³-hybridized carbons (Fsp3) is 0.414. The molecule has 8 nitrogen and oxygen atoms in total. The van der Waals surface area contributed by atoms with Crippen LogP contribution in [0.15, 0.2) is 34.5 Å². The number of hydrogen-bond acceptors (Lipinski definition) is 6. The molecule has 0 saturated heterocycles. The number of benzene rings is 1. The number of carbonyl (C=O) groups excluding carboxylic acids is 2. The Bertz CT molecular complexity index is 1340. The molecule has 9 heteroatoms. The highest BCUT2D eigenvalue weighted by Gasteiger charge is 2.32. The smallest absolute Gasteiger partial charge is 0.274 e. The van der Waals surface area contributed by atoms with Gasteiger partial charge in [0.1, 0.15) is 18.1 Å². The first-order valence-corrected chi connectivity index (χ1v) is 13.8. The Labute approximate surface area is 228 Å². The first kappa shape index (κ1) is 27.4. The molecular weight excluding hydrogens is 500 g/mol. The van der Waals surface area contributed by atoms with E-state index in [4.69, 9.17) is 14.6 Å². The van der Waals surface area contributed by atoms with E-state index in [1.54, 1.807) is 37.3 Å². The van der Waals surface area contributed by atoms with Crippen LogP contribution < -0.4 is 9.47 Å². The summed E-state index contributed by atoms with van der Waals surface area (Å²) in [7, 11) is 3.43. The van der Waals surface area contributed by atoms with Gasteiger partial charge < -0.3 is 19.3 Å². The quantitative estimate of drug-likeness (QED) is 0.335. The lowest BCUT2D eigenvalue weighted by atomic mass is 9.98. The molecule has 0 atom stereocenters. The summed E-state index contributed by atoms with van der Waals surface area (Å²) in [4.78, 5) is 29.0. The van der Waals surface area contributed by atoms with Gasteiger partial charge in [-0.1, -0.05) is 18.6 Å². The van der Waals surface area contributed by atoms with Crippen molar-refractivity contribution in [3.63, 3.8) is 0 Å². The van der Waals surface area contributed by atoms with E-state index in [9.17, 15) is 9.59 Å². The fourth-order valence-electron chi connectivity index (χ4n) is 4.71. The number of ether oxygens (including phenoxy) is 2. The van der Waals surface area contributed by atoms with E-state index in [1.807, 2.05) is 52.4 Å². The van der Waals surface area contributed by atoms with Crippen LogP contribution in [0.4, 0.5) is 0 Å². The summed E-state index contributed by atoms with van der Waals surface area (Å²) >= 11 is 1.58. The molecule has 2 amide bonds. The highest BCUT2D eigenvalue weighted by Crippen LogP contribution is 2.44. The van der Waals surface area contributed by atoms with Crippen LogP contribution in [-0.2, 0) is 11.4 Å². The van der Waals surface area contributed by atoms with Crippen LogP contribution in [0.3, 0.4) is 0 Å². The van der Waals surface area contributed by atoms with Crippen molar-refractivity contribution in [3.8, 4) is 28.4 Å². The third kappa shape index (κ3) is 5.62. The van der Waals surface area contributed by atoms with Gasteiger partial charge in [0.25, 0.3) is 5.91 Å². The van der Waals surface area contributed by atoms with Gasteiger partial charge in [-0.15, -0.1) is 0 Å². The third-order valence-corrected chi connectivity index (χ3v) is 7.22. The maximum Gasteiger partial charge on any atom is 0.274 e. The van der Waals surface area contributed by atoms with Crippen LogP contribution >= 0.6 is 11.3 Å². The largest absolute Gasteiger partial charge is 0.496 e. The van der Waals surface area contributed by atoms with E-state index in [0.29, 0.717) is 31.0 Å². The van der Waals surface area contributed by atoms with Crippen molar-refractivity contribution in [2.45, 2.75) is 47.1 Å². The Morgan fingerprint density at radius 1 is 1.21 bits per heavy atom. The minimum absolute atomic E-state index is 0.0596. The van der Waals surface area contributed by atoms with Crippen molar-refractivity contribution in [1.82, 2.24) is 19.6 Å². The topological polar surface area (TPSA) is 76.9 Å². The number of hydrogen-bond donors (Lipinski definition) is 0. The molecule has 2 aromatic heterocycles. The van der Waals surface area contributed by atoms with Crippen molar-refractivity contribution >= 4 is 29.2 Å². The molecule has 3 aromatic rings. The number of fused-ring (bicyclic) bond motifs is 3. The molecule has 0 spiro atoms. The third-order valence-electron chi connectivity index (χ3n) is 6.55. The number of allylic oxidation sites excluding steroid dienone is 1. The second-order valence-corrected chi connectivity index (χ2v) is 10.5. The molecule has 1 aliphatic heterocycles. The first-order valence-electron chi connectivity index (χ1n) is 12.9. The van der Waals surface area contributed by atoms with Gasteiger partial charge in [0.15, 0.2) is 5.69 Å². The standard InChI is InChI=1S/C29H36N4O4S/c1-7-10-32(20(4)34)12-8-11-31(5)29(35)27-24-17-37-26-16-25(36-6)21(14-19(2)3)15-23(26)28(24)33(30-27)22-9-13-38-18-22/h9,13-16,18H,7-8,10-12,17H2,1-6H3. The summed E-state index contributed by atoms with van der Waals surface area (Å²) in [6.45, 7) is 9.83. The van der Waals surface area contributed by atoms with Crippen molar-refractivity contribution < 1.29 is 19.1 Å². The molecule has 3 heterocycles. The van der Waals surface area contributed by atoms with Gasteiger partial charge in [-0.2, -0.15) is 16.4 Å². The second-order valence-electron chi connectivity index (χ2n) is 9.76. The average Bonchev–Trinajstić information content (AvgIpc) is 3.55. The first-order chi connectivity index (χ1) is 18.2. The van der Waals surface area contributed by atoms with Gasteiger partial charge >= 0.3 is 0 Å². The van der Waals surface area contributed by atoms with Crippen LogP contribution in [0.5, 0.6) is 11.5 Å². The molecule has 0 saturated carbocycles. The van der Waals surface area contributed by atoms with E-state index >= 15 is 0 Å². The molecular formula is C29H36N4O4S. The van der Waals surface area contributed by atoms with Crippen molar-refractivity contribution in [2.24, 2.45) is 0 Å². The molecule has 202 valence electrons. The van der Waals surface area contributed by atoms with Crippen LogP contribution in [-0.4, -0.2) is 65.2 Å². The summed E-state index contributed by atoms with van der Waals surface area (Å²) in [6.07, 6.45) is 3.67. The zero-order chi connectivity index (χ0) is 27.4.